The molecule has 0 aliphatic carbocycles. The molecule has 8 nitrogen and oxygen atoms in total. The van der Waals surface area contributed by atoms with Crippen LogP contribution < -0.4 is 4.31 Å². The van der Waals surface area contributed by atoms with E-state index in [2.05, 4.69) is 0 Å². The number of methoxy groups -OCH3 is 2. The fourth-order valence-electron chi connectivity index (χ4n) is 4.71. The number of ether oxygens (including phenoxy) is 2. The second kappa shape index (κ2) is 14.7. The van der Waals surface area contributed by atoms with Gasteiger partial charge in [-0.1, -0.05) is 17.7 Å². The van der Waals surface area contributed by atoms with Crippen molar-refractivity contribution in [1.82, 2.24) is 4.90 Å². The van der Waals surface area contributed by atoms with Crippen molar-refractivity contribution >= 4 is 33.4 Å². The van der Waals surface area contributed by atoms with Crippen LogP contribution >= 0.6 is 11.6 Å². The Labute approximate surface area is 248 Å². The molecule has 1 N–H and O–H groups in total. The quantitative estimate of drug-likeness (QED) is 0.226. The third kappa shape index (κ3) is 7.94. The number of amides is 1. The maximum atomic E-state index is 15.1. The van der Waals surface area contributed by atoms with Gasteiger partial charge in [-0.15, -0.1) is 0 Å². The fraction of sp³-hybridized carbons (Fsp3) is 0.345. The third-order valence-corrected chi connectivity index (χ3v) is 8.90. The first-order chi connectivity index (χ1) is 19.9. The van der Waals surface area contributed by atoms with Gasteiger partial charge in [-0.05, 0) is 79.4 Å². The molecular weight excluding hydrogens is 597 g/mol. The third-order valence-electron chi connectivity index (χ3n) is 6.75. The summed E-state index contributed by atoms with van der Waals surface area (Å²) in [5, 5.41) is 10.0. The van der Waals surface area contributed by atoms with Crippen molar-refractivity contribution in [2.45, 2.75) is 36.7 Å². The minimum Gasteiger partial charge on any atom is -0.465 e. The molecule has 42 heavy (non-hydrogen) atoms. The number of halogens is 4. The molecule has 0 aromatic heterocycles. The number of aryl methyl sites for hydroxylation is 1. The lowest BCUT2D eigenvalue weighted by Gasteiger charge is -2.33. The van der Waals surface area contributed by atoms with Gasteiger partial charge in [0.25, 0.3) is 10.0 Å². The topological polar surface area (TPSA) is 96.4 Å². The van der Waals surface area contributed by atoms with E-state index in [1.165, 1.54) is 57.5 Å². The number of sulfonamides is 1. The van der Waals surface area contributed by atoms with Gasteiger partial charge in [0, 0.05) is 31.9 Å². The summed E-state index contributed by atoms with van der Waals surface area (Å²) < 4.78 is 82.9. The van der Waals surface area contributed by atoms with Gasteiger partial charge in [0.1, 0.15) is 17.5 Å². The second-order valence-corrected chi connectivity index (χ2v) is 11.7. The molecule has 0 saturated carbocycles. The van der Waals surface area contributed by atoms with Gasteiger partial charge < -0.3 is 19.5 Å². The van der Waals surface area contributed by atoms with E-state index in [9.17, 15) is 27.1 Å². The maximum absolute atomic E-state index is 15.1. The summed E-state index contributed by atoms with van der Waals surface area (Å²) in [7, 11) is -1.64. The van der Waals surface area contributed by atoms with E-state index in [-0.39, 0.29) is 42.5 Å². The molecular formula is C29H32ClF3N2O6S. The zero-order valence-electron chi connectivity index (χ0n) is 23.3. The van der Waals surface area contributed by atoms with Crippen LogP contribution in [0.1, 0.15) is 30.5 Å². The average Bonchev–Trinajstić information content (AvgIpc) is 2.93. The van der Waals surface area contributed by atoms with E-state index in [0.29, 0.717) is 11.1 Å². The van der Waals surface area contributed by atoms with Crippen LogP contribution in [0.2, 0.25) is 5.02 Å². The number of benzene rings is 3. The van der Waals surface area contributed by atoms with Gasteiger partial charge in [-0.3, -0.25) is 4.31 Å². The van der Waals surface area contributed by atoms with Crippen LogP contribution in [0.25, 0.3) is 0 Å². The highest BCUT2D eigenvalue weighted by molar-refractivity contribution is 7.92. The molecule has 0 aliphatic heterocycles. The van der Waals surface area contributed by atoms with E-state index < -0.39 is 51.3 Å². The summed E-state index contributed by atoms with van der Waals surface area (Å²) in [5.41, 5.74) is 0.128. The monoisotopic (exact) mass is 628 g/mol. The van der Waals surface area contributed by atoms with E-state index in [1.807, 2.05) is 0 Å². The predicted molar refractivity (Wildman–Crippen MR) is 153 cm³/mol. The SMILES string of the molecule is COCCN(C(=O)O)C(CCc1cc(F)ccc1[C@@H](C)N(c1cc(F)ccc1F)S(=O)(=O)c1ccc(Cl)cc1)COC. The summed E-state index contributed by atoms with van der Waals surface area (Å²) in [4.78, 5) is 12.9. The van der Waals surface area contributed by atoms with Crippen LogP contribution in [0.5, 0.6) is 0 Å². The molecule has 0 heterocycles. The predicted octanol–water partition coefficient (Wildman–Crippen LogP) is 6.29. The van der Waals surface area contributed by atoms with Gasteiger partial charge in [0.15, 0.2) is 0 Å². The van der Waals surface area contributed by atoms with Crippen LogP contribution in [0.15, 0.2) is 65.6 Å². The summed E-state index contributed by atoms with van der Waals surface area (Å²) in [6.45, 7) is 1.73. The van der Waals surface area contributed by atoms with Gasteiger partial charge in [-0.25, -0.2) is 26.4 Å². The molecule has 13 heteroatoms. The summed E-state index contributed by atoms with van der Waals surface area (Å²) in [5.74, 6) is -2.45. The Morgan fingerprint density at radius 2 is 1.62 bits per heavy atom. The normalized spacial score (nSPS) is 13.0. The van der Waals surface area contributed by atoms with Gasteiger partial charge >= 0.3 is 6.09 Å². The van der Waals surface area contributed by atoms with Crippen molar-refractivity contribution in [1.29, 1.82) is 0 Å². The van der Waals surface area contributed by atoms with Crippen LogP contribution in [0.4, 0.5) is 23.7 Å². The van der Waals surface area contributed by atoms with Crippen molar-refractivity contribution in [3.63, 3.8) is 0 Å². The molecule has 3 aromatic carbocycles. The molecule has 3 aromatic rings. The molecule has 2 atom stereocenters. The van der Waals surface area contributed by atoms with E-state index in [4.69, 9.17) is 21.1 Å². The molecule has 0 saturated heterocycles. The van der Waals surface area contributed by atoms with E-state index in [0.717, 1.165) is 33.5 Å². The largest absolute Gasteiger partial charge is 0.465 e. The summed E-state index contributed by atoms with van der Waals surface area (Å²) >= 11 is 5.94. The highest BCUT2D eigenvalue weighted by atomic mass is 35.5. The number of rotatable bonds is 14. The minimum atomic E-state index is -4.50. The molecule has 0 bridgehead atoms. The molecule has 0 aliphatic rings. The van der Waals surface area contributed by atoms with Gasteiger partial charge in [0.05, 0.1) is 35.9 Å². The summed E-state index contributed by atoms with van der Waals surface area (Å²) in [6, 6.07) is 9.62. The van der Waals surface area contributed by atoms with Crippen LogP contribution in [0.3, 0.4) is 0 Å². The Morgan fingerprint density at radius 3 is 2.24 bits per heavy atom. The molecule has 1 amide bonds. The van der Waals surface area contributed by atoms with Crippen molar-refractivity contribution in [3.05, 3.63) is 94.3 Å². The number of carbonyl (C=O) groups is 1. The lowest BCUT2D eigenvalue weighted by molar-refractivity contribution is 0.0599. The first-order valence-electron chi connectivity index (χ1n) is 12.9. The lowest BCUT2D eigenvalue weighted by Crippen LogP contribution is -2.44. The zero-order valence-corrected chi connectivity index (χ0v) is 24.8. The lowest BCUT2D eigenvalue weighted by atomic mass is 9.95. The Kier molecular flexibility index (Phi) is 11.6. The Bertz CT molecular complexity index is 1480. The number of anilines is 1. The zero-order chi connectivity index (χ0) is 31.0. The van der Waals surface area contributed by atoms with Crippen molar-refractivity contribution in [2.24, 2.45) is 0 Å². The van der Waals surface area contributed by atoms with Gasteiger partial charge in [-0.2, -0.15) is 0 Å². The van der Waals surface area contributed by atoms with E-state index >= 15 is 4.39 Å². The molecule has 0 fully saturated rings. The number of hydrogen-bond donors (Lipinski definition) is 1. The Balaban J connectivity index is 2.09. The molecule has 0 spiro atoms. The fourth-order valence-corrected chi connectivity index (χ4v) is 6.48. The van der Waals surface area contributed by atoms with Crippen molar-refractivity contribution in [3.8, 4) is 0 Å². The van der Waals surface area contributed by atoms with Gasteiger partial charge in [0.2, 0.25) is 0 Å². The number of nitrogens with zero attached hydrogens (tertiary/aromatic N) is 2. The first-order valence-corrected chi connectivity index (χ1v) is 14.7. The number of hydrogen-bond acceptors (Lipinski definition) is 5. The highest BCUT2D eigenvalue weighted by Crippen LogP contribution is 2.37. The molecule has 3 rings (SSSR count). The highest BCUT2D eigenvalue weighted by Gasteiger charge is 2.34. The minimum absolute atomic E-state index is 0.0434. The smallest absolute Gasteiger partial charge is 0.407 e. The standard InChI is InChI=1S/C29H32ClF3N2O6S/c1-19(35(28-17-23(32)8-13-27(28)33)42(38,39)25-10-5-21(30)6-11-25)26-12-7-22(31)16-20(26)4-9-24(18-41-3)34(29(36)37)14-15-40-2/h5-8,10-13,16-17,19,24H,4,9,14-15,18H2,1-3H3,(H,36,37)/t19-,24?/m1/s1. The van der Waals surface area contributed by atoms with Crippen LogP contribution in [0, 0.1) is 17.5 Å². The summed E-state index contributed by atoms with van der Waals surface area (Å²) in [6.07, 6.45) is -0.891. The van der Waals surface area contributed by atoms with Crippen molar-refractivity contribution in [2.75, 3.05) is 38.3 Å². The number of carboxylic acid groups (broad SMARTS) is 1. The van der Waals surface area contributed by atoms with Crippen LogP contribution in [-0.4, -0.2) is 64.5 Å². The van der Waals surface area contributed by atoms with Crippen molar-refractivity contribution < 1.29 is 41.0 Å². The average molecular weight is 629 g/mol. The second-order valence-electron chi connectivity index (χ2n) is 9.49. The van der Waals surface area contributed by atoms with Crippen LogP contribution in [-0.2, 0) is 25.9 Å². The molecule has 228 valence electrons. The Hall–Kier alpha value is -3.32. The maximum Gasteiger partial charge on any atom is 0.407 e. The molecule has 0 radical (unpaired) electrons. The Morgan fingerprint density at radius 1 is 0.976 bits per heavy atom. The molecule has 1 unspecified atom stereocenters. The van der Waals surface area contributed by atoms with E-state index in [1.54, 1.807) is 0 Å². The first kappa shape index (κ1) is 33.2.